The first-order chi connectivity index (χ1) is 11.6. The van der Waals surface area contributed by atoms with Crippen molar-refractivity contribution >= 4 is 17.8 Å². The molecule has 7 nitrogen and oxygen atoms in total. The zero-order chi connectivity index (χ0) is 17.1. The van der Waals surface area contributed by atoms with E-state index in [1.807, 2.05) is 4.90 Å². The van der Waals surface area contributed by atoms with Gasteiger partial charge in [0.2, 0.25) is 17.8 Å². The van der Waals surface area contributed by atoms with Gasteiger partial charge in [-0.05, 0) is 32.1 Å². The Labute approximate surface area is 142 Å². The summed E-state index contributed by atoms with van der Waals surface area (Å²) < 4.78 is 0. The van der Waals surface area contributed by atoms with Gasteiger partial charge in [-0.15, -0.1) is 0 Å². The first-order valence-electron chi connectivity index (χ1n) is 8.64. The lowest BCUT2D eigenvalue weighted by atomic mass is 10.00. The Morgan fingerprint density at radius 1 is 1.25 bits per heavy atom. The number of aromatic nitrogens is 2. The first-order valence-corrected chi connectivity index (χ1v) is 8.64. The lowest BCUT2D eigenvalue weighted by Gasteiger charge is -2.37. The summed E-state index contributed by atoms with van der Waals surface area (Å²) in [7, 11) is 3.54. The lowest BCUT2D eigenvalue weighted by molar-refractivity contribution is -0.148. The number of nitrogens with zero attached hydrogens (tertiary/aromatic N) is 4. The summed E-state index contributed by atoms with van der Waals surface area (Å²) in [6, 6.07) is -0.311. The van der Waals surface area contributed by atoms with E-state index in [0.717, 1.165) is 37.7 Å². The van der Waals surface area contributed by atoms with Crippen LogP contribution in [0.25, 0.3) is 0 Å². The van der Waals surface area contributed by atoms with E-state index in [9.17, 15) is 9.59 Å². The number of carbonyl (C=O) groups is 2. The number of hydrogen-bond acceptors (Lipinski definition) is 5. The zero-order valence-corrected chi connectivity index (χ0v) is 14.4. The molecule has 1 N–H and O–H groups in total. The molecule has 3 rings (SSSR count). The van der Waals surface area contributed by atoms with Crippen molar-refractivity contribution in [2.24, 2.45) is 5.92 Å². The quantitative estimate of drug-likeness (QED) is 0.879. The largest absolute Gasteiger partial charge is 0.357 e. The van der Waals surface area contributed by atoms with Crippen LogP contribution in [-0.2, 0) is 16.1 Å². The van der Waals surface area contributed by atoms with Crippen LogP contribution in [0, 0.1) is 5.92 Å². The van der Waals surface area contributed by atoms with Crippen LogP contribution in [0.4, 0.5) is 5.95 Å². The zero-order valence-electron chi connectivity index (χ0n) is 14.4. The van der Waals surface area contributed by atoms with E-state index in [1.165, 1.54) is 0 Å². The molecule has 130 valence electrons. The van der Waals surface area contributed by atoms with Crippen LogP contribution < -0.4 is 5.32 Å². The standard InChI is InChI=1S/C17H25N5O2/c1-18-17-19-9-12(10-20-17)11-21(2)16(24)14-5-3-4-8-22(14)15(23)13-6-7-13/h9-10,13-14H,3-8,11H2,1-2H3,(H,18,19,20)/t14-/m1/s1. The molecule has 1 aromatic rings. The van der Waals surface area contributed by atoms with Crippen molar-refractivity contribution in [1.29, 1.82) is 0 Å². The number of rotatable bonds is 5. The maximum Gasteiger partial charge on any atom is 0.245 e. The van der Waals surface area contributed by atoms with Crippen molar-refractivity contribution in [1.82, 2.24) is 19.8 Å². The molecule has 1 saturated heterocycles. The van der Waals surface area contributed by atoms with Gasteiger partial charge in [-0.2, -0.15) is 0 Å². The number of nitrogens with one attached hydrogen (secondary N) is 1. The summed E-state index contributed by atoms with van der Waals surface area (Å²) in [6.07, 6.45) is 8.14. The minimum Gasteiger partial charge on any atom is -0.357 e. The van der Waals surface area contributed by atoms with Crippen molar-refractivity contribution in [2.75, 3.05) is 26.0 Å². The molecular weight excluding hydrogens is 306 g/mol. The number of amides is 2. The van der Waals surface area contributed by atoms with E-state index in [4.69, 9.17) is 0 Å². The highest BCUT2D eigenvalue weighted by atomic mass is 16.2. The Kier molecular flexibility index (Phi) is 4.97. The van der Waals surface area contributed by atoms with Crippen molar-refractivity contribution in [3.63, 3.8) is 0 Å². The minimum absolute atomic E-state index is 0.0152. The highest BCUT2D eigenvalue weighted by molar-refractivity contribution is 5.89. The summed E-state index contributed by atoms with van der Waals surface area (Å²) in [5, 5.41) is 2.87. The van der Waals surface area contributed by atoms with Crippen molar-refractivity contribution in [2.45, 2.75) is 44.7 Å². The monoisotopic (exact) mass is 331 g/mol. The minimum atomic E-state index is -0.311. The molecule has 0 aromatic carbocycles. The number of carbonyl (C=O) groups excluding carboxylic acids is 2. The Morgan fingerprint density at radius 2 is 1.96 bits per heavy atom. The molecule has 1 saturated carbocycles. The van der Waals surface area contributed by atoms with Crippen LogP contribution in [-0.4, -0.2) is 58.3 Å². The average molecular weight is 331 g/mol. The van der Waals surface area contributed by atoms with Gasteiger partial charge in [-0.25, -0.2) is 9.97 Å². The van der Waals surface area contributed by atoms with Gasteiger partial charge in [0.15, 0.2) is 0 Å². The van der Waals surface area contributed by atoms with Crippen LogP contribution in [0.15, 0.2) is 12.4 Å². The summed E-state index contributed by atoms with van der Waals surface area (Å²) in [4.78, 5) is 37.2. The predicted molar refractivity (Wildman–Crippen MR) is 90.1 cm³/mol. The lowest BCUT2D eigenvalue weighted by Crippen LogP contribution is -2.52. The van der Waals surface area contributed by atoms with E-state index >= 15 is 0 Å². The van der Waals surface area contributed by atoms with Gasteiger partial charge < -0.3 is 15.1 Å². The topological polar surface area (TPSA) is 78.4 Å². The van der Waals surface area contributed by atoms with Gasteiger partial charge >= 0.3 is 0 Å². The maximum absolute atomic E-state index is 12.9. The molecule has 24 heavy (non-hydrogen) atoms. The number of piperidine rings is 1. The highest BCUT2D eigenvalue weighted by Gasteiger charge is 2.40. The normalized spacial score (nSPS) is 20.6. The Bertz CT molecular complexity index is 600. The molecule has 2 amide bonds. The van der Waals surface area contributed by atoms with Gasteiger partial charge in [0, 0.05) is 51.1 Å². The molecule has 1 aromatic heterocycles. The summed E-state index contributed by atoms with van der Waals surface area (Å²) in [6.45, 7) is 1.16. The van der Waals surface area contributed by atoms with Gasteiger partial charge in [-0.3, -0.25) is 9.59 Å². The maximum atomic E-state index is 12.9. The Balaban J connectivity index is 1.64. The molecule has 2 heterocycles. The number of likely N-dealkylation sites (N-methyl/N-ethyl adjacent to an activating group) is 1. The average Bonchev–Trinajstić information content (AvgIpc) is 3.46. The molecule has 1 atom stereocenters. The fraction of sp³-hybridized carbons (Fsp3) is 0.647. The third-order valence-corrected chi connectivity index (χ3v) is 4.72. The van der Waals surface area contributed by atoms with Crippen LogP contribution in [0.3, 0.4) is 0 Å². The van der Waals surface area contributed by atoms with Crippen LogP contribution in [0.1, 0.15) is 37.7 Å². The van der Waals surface area contributed by atoms with Crippen molar-refractivity contribution in [3.05, 3.63) is 18.0 Å². The van der Waals surface area contributed by atoms with E-state index in [-0.39, 0.29) is 23.8 Å². The molecular formula is C17H25N5O2. The molecule has 2 fully saturated rings. The number of likely N-dealkylation sites (tertiary alicyclic amines) is 1. The number of anilines is 1. The third-order valence-electron chi connectivity index (χ3n) is 4.72. The fourth-order valence-electron chi connectivity index (χ4n) is 3.19. The number of hydrogen-bond donors (Lipinski definition) is 1. The SMILES string of the molecule is CNc1ncc(CN(C)C(=O)[C@H]2CCCCN2C(=O)C2CC2)cn1. The van der Waals surface area contributed by atoms with E-state index in [1.54, 1.807) is 31.4 Å². The molecule has 0 unspecified atom stereocenters. The fourth-order valence-corrected chi connectivity index (χ4v) is 3.19. The summed E-state index contributed by atoms with van der Waals surface area (Å²) in [5.74, 6) is 0.900. The first kappa shape index (κ1) is 16.7. The second-order valence-electron chi connectivity index (χ2n) is 6.68. The van der Waals surface area contributed by atoms with E-state index < -0.39 is 0 Å². The second-order valence-corrected chi connectivity index (χ2v) is 6.68. The van der Waals surface area contributed by atoms with Gasteiger partial charge in [0.05, 0.1) is 0 Å². The highest BCUT2D eigenvalue weighted by Crippen LogP contribution is 2.33. The van der Waals surface area contributed by atoms with Crippen LogP contribution in [0.5, 0.6) is 0 Å². The van der Waals surface area contributed by atoms with Gasteiger partial charge in [0.25, 0.3) is 0 Å². The van der Waals surface area contributed by atoms with Crippen molar-refractivity contribution in [3.8, 4) is 0 Å². The Morgan fingerprint density at radius 3 is 2.58 bits per heavy atom. The van der Waals surface area contributed by atoms with Gasteiger partial charge in [-0.1, -0.05) is 0 Å². The molecule has 0 spiro atoms. The molecule has 1 aliphatic heterocycles. The van der Waals surface area contributed by atoms with Crippen LogP contribution >= 0.6 is 0 Å². The second kappa shape index (κ2) is 7.15. The smallest absolute Gasteiger partial charge is 0.245 e. The van der Waals surface area contributed by atoms with Gasteiger partial charge in [0.1, 0.15) is 6.04 Å². The molecule has 1 aliphatic carbocycles. The van der Waals surface area contributed by atoms with Crippen LogP contribution in [0.2, 0.25) is 0 Å². The van der Waals surface area contributed by atoms with Crippen molar-refractivity contribution < 1.29 is 9.59 Å². The third kappa shape index (κ3) is 3.66. The van der Waals surface area contributed by atoms with E-state index in [0.29, 0.717) is 19.0 Å². The molecule has 0 bridgehead atoms. The Hall–Kier alpha value is -2.18. The molecule has 0 radical (unpaired) electrons. The molecule has 7 heteroatoms. The summed E-state index contributed by atoms with van der Waals surface area (Å²) in [5.41, 5.74) is 0.876. The molecule has 2 aliphatic rings. The van der Waals surface area contributed by atoms with E-state index in [2.05, 4.69) is 15.3 Å². The predicted octanol–water partition coefficient (Wildman–Crippen LogP) is 1.27. The summed E-state index contributed by atoms with van der Waals surface area (Å²) >= 11 is 0.